The molecule has 0 atom stereocenters. The molecule has 0 aliphatic carbocycles. The van der Waals surface area contributed by atoms with Crippen molar-refractivity contribution in [3.63, 3.8) is 0 Å². The summed E-state index contributed by atoms with van der Waals surface area (Å²) in [4.78, 5) is 34.5. The summed E-state index contributed by atoms with van der Waals surface area (Å²) < 4.78 is 0. The zero-order valence-electron chi connectivity index (χ0n) is 11.9. The smallest absolute Gasteiger partial charge is 0.307 e. The molecule has 0 bridgehead atoms. The number of nitrogens with zero attached hydrogens (tertiary/aromatic N) is 1. The molecule has 0 spiro atoms. The van der Waals surface area contributed by atoms with Crippen LogP contribution in [0.2, 0.25) is 0 Å². The topological polar surface area (TPSA) is 97.5 Å². The Morgan fingerprint density at radius 1 is 1.13 bits per heavy atom. The molecule has 0 saturated heterocycles. The Balaban J connectivity index is 2.73. The molecule has 118 valence electrons. The van der Waals surface area contributed by atoms with E-state index in [1.807, 2.05) is 0 Å². The lowest BCUT2D eigenvalue weighted by atomic mass is 9.91. The first-order chi connectivity index (χ1) is 11.0. The summed E-state index contributed by atoms with van der Waals surface area (Å²) in [5, 5.41) is 20.7. The number of carbonyl (C=O) groups excluding carboxylic acids is 1. The molecule has 0 unspecified atom stereocenters. The molecule has 0 aliphatic heterocycles. The van der Waals surface area contributed by atoms with Gasteiger partial charge in [-0.25, -0.2) is 0 Å². The number of hydrogen-bond acceptors (Lipinski definition) is 4. The van der Waals surface area contributed by atoms with E-state index in [1.54, 1.807) is 18.2 Å². The van der Waals surface area contributed by atoms with E-state index in [0.717, 1.165) is 0 Å². The Morgan fingerprint density at radius 2 is 1.78 bits per heavy atom. The molecular weight excluding hydrogens is 366 g/mol. The predicted molar refractivity (Wildman–Crippen MR) is 86.9 cm³/mol. The first-order valence-corrected chi connectivity index (χ1v) is 7.74. The number of carboxylic acid groups (broad SMARTS) is 1. The quantitative estimate of drug-likeness (QED) is 0.360. The molecule has 0 radical (unpaired) electrons. The lowest BCUT2D eigenvalue weighted by Gasteiger charge is -2.12. The summed E-state index contributed by atoms with van der Waals surface area (Å²) in [5.74, 6) is -1.72. The molecule has 0 aliphatic rings. The average molecular weight is 378 g/mol. The van der Waals surface area contributed by atoms with Gasteiger partial charge in [0, 0.05) is 17.0 Å². The van der Waals surface area contributed by atoms with Crippen LogP contribution in [0, 0.1) is 10.1 Å². The van der Waals surface area contributed by atoms with Gasteiger partial charge < -0.3 is 5.11 Å². The Hall–Kier alpha value is -2.54. The van der Waals surface area contributed by atoms with Crippen LogP contribution in [0.3, 0.4) is 0 Å². The molecule has 0 heterocycles. The maximum Gasteiger partial charge on any atom is 0.307 e. The first-order valence-electron chi connectivity index (χ1n) is 6.62. The van der Waals surface area contributed by atoms with Crippen molar-refractivity contribution in [2.75, 3.05) is 0 Å². The number of nitro benzene ring substituents is 1. The molecule has 6 nitrogen and oxygen atoms in total. The van der Waals surface area contributed by atoms with E-state index >= 15 is 0 Å². The second-order valence-electron chi connectivity index (χ2n) is 4.75. The molecule has 2 aromatic rings. The monoisotopic (exact) mass is 377 g/mol. The van der Waals surface area contributed by atoms with E-state index in [4.69, 9.17) is 5.11 Å². The number of ketones is 1. The van der Waals surface area contributed by atoms with Crippen LogP contribution in [-0.2, 0) is 16.5 Å². The van der Waals surface area contributed by atoms with E-state index in [2.05, 4.69) is 15.9 Å². The number of rotatable bonds is 6. The van der Waals surface area contributed by atoms with Crippen LogP contribution in [0.15, 0.2) is 42.5 Å². The first kappa shape index (κ1) is 16.8. The summed E-state index contributed by atoms with van der Waals surface area (Å²) in [6.07, 6.45) is -0.462. The maximum atomic E-state index is 12.7. The highest BCUT2D eigenvalue weighted by atomic mass is 79.9. The molecule has 2 rings (SSSR count). The van der Waals surface area contributed by atoms with E-state index in [1.165, 1.54) is 24.3 Å². The second-order valence-corrected chi connectivity index (χ2v) is 5.31. The highest BCUT2D eigenvalue weighted by molar-refractivity contribution is 9.08. The van der Waals surface area contributed by atoms with Crippen molar-refractivity contribution in [2.24, 2.45) is 0 Å². The van der Waals surface area contributed by atoms with E-state index < -0.39 is 23.1 Å². The number of hydrogen-bond donors (Lipinski definition) is 1. The highest BCUT2D eigenvalue weighted by Crippen LogP contribution is 2.30. The largest absolute Gasteiger partial charge is 0.481 e. The number of benzene rings is 2. The summed E-state index contributed by atoms with van der Waals surface area (Å²) in [6.45, 7) is 0. The van der Waals surface area contributed by atoms with Crippen LogP contribution in [0.25, 0.3) is 0 Å². The third kappa shape index (κ3) is 3.62. The molecule has 0 aromatic heterocycles. The minimum absolute atomic E-state index is 0.164. The van der Waals surface area contributed by atoms with E-state index in [0.29, 0.717) is 10.9 Å². The molecular formula is C16H12BrNO5. The van der Waals surface area contributed by atoms with Gasteiger partial charge in [-0.05, 0) is 11.1 Å². The number of halogens is 1. The van der Waals surface area contributed by atoms with Crippen LogP contribution < -0.4 is 0 Å². The molecule has 23 heavy (non-hydrogen) atoms. The van der Waals surface area contributed by atoms with Gasteiger partial charge >= 0.3 is 5.97 Å². The van der Waals surface area contributed by atoms with E-state index in [9.17, 15) is 19.7 Å². The van der Waals surface area contributed by atoms with Crippen molar-refractivity contribution in [2.45, 2.75) is 11.8 Å². The van der Waals surface area contributed by atoms with Gasteiger partial charge in [-0.15, -0.1) is 0 Å². The number of aliphatic carboxylic acids is 1. The third-order valence-corrected chi connectivity index (χ3v) is 3.92. The fourth-order valence-corrected chi connectivity index (χ4v) is 2.82. The minimum atomic E-state index is -1.16. The summed E-state index contributed by atoms with van der Waals surface area (Å²) in [7, 11) is 0. The van der Waals surface area contributed by atoms with Gasteiger partial charge in [0.15, 0.2) is 5.78 Å². The van der Waals surface area contributed by atoms with Gasteiger partial charge in [-0.2, -0.15) is 0 Å². The normalized spacial score (nSPS) is 10.3. The average Bonchev–Trinajstić information content (AvgIpc) is 2.54. The summed E-state index contributed by atoms with van der Waals surface area (Å²) >= 11 is 3.23. The number of carboxylic acids is 1. The minimum Gasteiger partial charge on any atom is -0.481 e. The van der Waals surface area contributed by atoms with Crippen LogP contribution in [0.4, 0.5) is 5.69 Å². The van der Waals surface area contributed by atoms with Gasteiger partial charge in [-0.3, -0.25) is 19.7 Å². The van der Waals surface area contributed by atoms with Crippen molar-refractivity contribution in [3.05, 3.63) is 74.8 Å². The van der Waals surface area contributed by atoms with Crippen LogP contribution in [0.5, 0.6) is 0 Å². The molecule has 0 saturated carbocycles. The lowest BCUT2D eigenvalue weighted by molar-refractivity contribution is -0.385. The zero-order chi connectivity index (χ0) is 17.0. The van der Waals surface area contributed by atoms with Crippen molar-refractivity contribution < 1.29 is 19.6 Å². The highest BCUT2D eigenvalue weighted by Gasteiger charge is 2.27. The predicted octanol–water partition coefficient (Wildman–Crippen LogP) is 3.35. The van der Waals surface area contributed by atoms with E-state index in [-0.39, 0.29) is 22.4 Å². The standard InChI is InChI=1S/C16H12BrNO5/c17-9-11-6-7-13(18(22)23)15(12(11)8-14(19)20)16(21)10-4-2-1-3-5-10/h1-7H,8-9H2,(H,19,20). The molecule has 7 heteroatoms. The van der Waals surface area contributed by atoms with Crippen LogP contribution >= 0.6 is 15.9 Å². The van der Waals surface area contributed by atoms with Gasteiger partial charge in [-0.1, -0.05) is 52.3 Å². The number of nitro groups is 1. The van der Waals surface area contributed by atoms with Crippen molar-refractivity contribution >= 4 is 33.4 Å². The van der Waals surface area contributed by atoms with Crippen LogP contribution in [0.1, 0.15) is 27.0 Å². The second kappa shape index (κ2) is 7.15. The Bertz CT molecular complexity index is 774. The molecule has 0 amide bonds. The summed E-state index contributed by atoms with van der Waals surface area (Å²) in [5.41, 5.74) is 0.420. The fraction of sp³-hybridized carbons (Fsp3) is 0.125. The molecule has 0 fully saturated rings. The number of carbonyl (C=O) groups is 2. The maximum absolute atomic E-state index is 12.7. The number of alkyl halides is 1. The molecule has 2 aromatic carbocycles. The molecule has 1 N–H and O–H groups in total. The lowest BCUT2D eigenvalue weighted by Crippen LogP contribution is -2.14. The zero-order valence-corrected chi connectivity index (χ0v) is 13.4. The van der Waals surface area contributed by atoms with Crippen molar-refractivity contribution in [1.29, 1.82) is 0 Å². The van der Waals surface area contributed by atoms with Gasteiger partial charge in [0.25, 0.3) is 5.69 Å². The van der Waals surface area contributed by atoms with Crippen LogP contribution in [-0.4, -0.2) is 21.8 Å². The van der Waals surface area contributed by atoms with Gasteiger partial charge in [0.05, 0.1) is 11.3 Å². The Labute approximate surface area is 140 Å². The van der Waals surface area contributed by atoms with Gasteiger partial charge in [0.1, 0.15) is 5.56 Å². The summed E-state index contributed by atoms with van der Waals surface area (Å²) in [6, 6.07) is 10.8. The fourth-order valence-electron chi connectivity index (χ4n) is 2.30. The van der Waals surface area contributed by atoms with Crippen molar-refractivity contribution in [3.8, 4) is 0 Å². The Kier molecular flexibility index (Phi) is 5.23. The van der Waals surface area contributed by atoms with Crippen molar-refractivity contribution in [1.82, 2.24) is 0 Å². The SMILES string of the molecule is O=C(O)Cc1c(CBr)ccc([N+](=O)[O-])c1C(=O)c1ccccc1. The van der Waals surface area contributed by atoms with Gasteiger partial charge in [0.2, 0.25) is 0 Å². The Morgan fingerprint density at radius 3 is 2.30 bits per heavy atom. The third-order valence-electron chi connectivity index (χ3n) is 3.32.